The van der Waals surface area contributed by atoms with E-state index < -0.39 is 5.41 Å². The van der Waals surface area contributed by atoms with Crippen LogP contribution in [-0.2, 0) is 5.41 Å². The lowest BCUT2D eigenvalue weighted by molar-refractivity contribution is 0.768. The molecule has 0 N–H and O–H groups in total. The van der Waals surface area contributed by atoms with Crippen molar-refractivity contribution in [1.29, 1.82) is 0 Å². The lowest BCUT2D eigenvalue weighted by Gasteiger charge is -2.34. The van der Waals surface area contributed by atoms with Crippen LogP contribution in [0.1, 0.15) is 22.3 Å². The molecule has 2 aromatic heterocycles. The van der Waals surface area contributed by atoms with Crippen molar-refractivity contribution in [3.8, 4) is 33.4 Å². The molecule has 0 fully saturated rings. The third-order valence-electron chi connectivity index (χ3n) is 14.4. The monoisotopic (exact) mass is 899 g/mol. The van der Waals surface area contributed by atoms with Gasteiger partial charge in [0.25, 0.3) is 0 Å². The molecule has 318 valence electrons. The van der Waals surface area contributed by atoms with E-state index in [9.17, 15) is 0 Å². The van der Waals surface area contributed by atoms with Gasteiger partial charge in [0.15, 0.2) is 0 Å². The maximum absolute atomic E-state index is 2.46. The van der Waals surface area contributed by atoms with Crippen molar-refractivity contribution in [3.63, 3.8) is 0 Å². The Kier molecular flexibility index (Phi) is 8.92. The third-order valence-corrected chi connectivity index (χ3v) is 16.8. The van der Waals surface area contributed by atoms with Crippen LogP contribution in [0.25, 0.3) is 84.5 Å². The Hall–Kier alpha value is -8.08. The van der Waals surface area contributed by atoms with E-state index in [0.29, 0.717) is 0 Å². The van der Waals surface area contributed by atoms with Crippen molar-refractivity contribution in [1.82, 2.24) is 0 Å². The molecule has 2 heterocycles. The summed E-state index contributed by atoms with van der Waals surface area (Å²) in [5.74, 6) is 0. The Labute approximate surface area is 403 Å². The molecule has 0 aliphatic heterocycles. The molecule has 0 atom stereocenters. The molecule has 1 aliphatic rings. The van der Waals surface area contributed by atoms with Gasteiger partial charge in [-0.05, 0) is 109 Å². The highest BCUT2D eigenvalue weighted by molar-refractivity contribution is 7.27. The standard InChI is InChI=1S/C65H41NS2/c1-3-16-46(17-4-1)65(47-18-5-2-6-19-47)57-25-11-9-22-56(57)62-50(23-13-26-58(62)65)44-31-37-49(38-32-44)66(59-27-14-24-54-55-40-33-43-15-7-8-20-51(43)63(55)68-64(54)59)48-35-29-42(30-36-48)45-34-39-53-52-21-10-12-28-60(52)67-61(53)41-45/h1-41H. The molecule has 68 heavy (non-hydrogen) atoms. The Balaban J connectivity index is 0.925. The van der Waals surface area contributed by atoms with Gasteiger partial charge in [-0.1, -0.05) is 206 Å². The minimum atomic E-state index is -0.453. The zero-order valence-electron chi connectivity index (χ0n) is 36.9. The van der Waals surface area contributed by atoms with Crippen LogP contribution in [0.3, 0.4) is 0 Å². The Morgan fingerprint density at radius 2 is 0.882 bits per heavy atom. The summed E-state index contributed by atoms with van der Waals surface area (Å²) < 4.78 is 5.25. The van der Waals surface area contributed by atoms with Crippen molar-refractivity contribution >= 4 is 90.9 Å². The van der Waals surface area contributed by atoms with Crippen molar-refractivity contribution in [3.05, 3.63) is 271 Å². The largest absolute Gasteiger partial charge is 0.309 e. The number of rotatable bonds is 7. The zero-order valence-corrected chi connectivity index (χ0v) is 38.6. The van der Waals surface area contributed by atoms with E-state index >= 15 is 0 Å². The summed E-state index contributed by atoms with van der Waals surface area (Å²) >= 11 is 3.77. The van der Waals surface area contributed by atoms with Gasteiger partial charge in [0.1, 0.15) is 0 Å². The molecule has 1 aliphatic carbocycles. The van der Waals surface area contributed by atoms with Crippen LogP contribution < -0.4 is 4.90 Å². The molecule has 0 saturated carbocycles. The normalized spacial score (nSPS) is 12.8. The van der Waals surface area contributed by atoms with Crippen LogP contribution in [0.5, 0.6) is 0 Å². The molecule has 0 bridgehead atoms. The molecule has 0 radical (unpaired) electrons. The molecule has 0 saturated heterocycles. The van der Waals surface area contributed by atoms with Crippen molar-refractivity contribution in [2.45, 2.75) is 5.41 Å². The second kappa shape index (κ2) is 15.5. The van der Waals surface area contributed by atoms with Gasteiger partial charge in [-0.25, -0.2) is 0 Å². The predicted octanol–water partition coefficient (Wildman–Crippen LogP) is 18.7. The summed E-state index contributed by atoms with van der Waals surface area (Å²) in [6.45, 7) is 0. The van der Waals surface area contributed by atoms with Gasteiger partial charge in [0.2, 0.25) is 0 Å². The van der Waals surface area contributed by atoms with Gasteiger partial charge in [-0.15, -0.1) is 22.7 Å². The predicted molar refractivity (Wildman–Crippen MR) is 293 cm³/mol. The van der Waals surface area contributed by atoms with E-state index in [2.05, 4.69) is 254 Å². The average Bonchev–Trinajstić information content (AvgIpc) is 4.09. The van der Waals surface area contributed by atoms with Crippen LogP contribution in [-0.4, -0.2) is 0 Å². The van der Waals surface area contributed by atoms with E-state index in [1.165, 1.54) is 112 Å². The second-order valence-corrected chi connectivity index (χ2v) is 20.0. The highest BCUT2D eigenvalue weighted by atomic mass is 32.1. The molecule has 0 amide bonds. The molecule has 0 unspecified atom stereocenters. The molecule has 11 aromatic carbocycles. The van der Waals surface area contributed by atoms with Crippen LogP contribution in [0.4, 0.5) is 17.1 Å². The molecule has 0 spiro atoms. The first-order valence-corrected chi connectivity index (χ1v) is 25.0. The maximum Gasteiger partial charge on any atom is 0.0713 e. The number of thiophene rings is 2. The number of hydrogen-bond acceptors (Lipinski definition) is 3. The number of fused-ring (bicyclic) bond motifs is 11. The first-order valence-electron chi connectivity index (χ1n) is 23.3. The molecule has 14 rings (SSSR count). The minimum Gasteiger partial charge on any atom is -0.309 e. The minimum absolute atomic E-state index is 0.453. The highest BCUT2D eigenvalue weighted by Crippen LogP contribution is 2.58. The number of anilines is 3. The van der Waals surface area contributed by atoms with Crippen LogP contribution in [0.2, 0.25) is 0 Å². The smallest absolute Gasteiger partial charge is 0.0713 e. The zero-order chi connectivity index (χ0) is 44.8. The van der Waals surface area contributed by atoms with Gasteiger partial charge >= 0.3 is 0 Å². The van der Waals surface area contributed by atoms with E-state index in [0.717, 1.165) is 11.4 Å². The number of hydrogen-bond donors (Lipinski definition) is 0. The van der Waals surface area contributed by atoms with Crippen molar-refractivity contribution < 1.29 is 0 Å². The van der Waals surface area contributed by atoms with Crippen LogP contribution in [0.15, 0.2) is 249 Å². The van der Waals surface area contributed by atoms with Crippen LogP contribution >= 0.6 is 22.7 Å². The van der Waals surface area contributed by atoms with Gasteiger partial charge in [-0.2, -0.15) is 0 Å². The Bertz CT molecular complexity index is 4030. The van der Waals surface area contributed by atoms with Gasteiger partial charge in [0.05, 0.1) is 15.8 Å². The summed E-state index contributed by atoms with van der Waals surface area (Å²) in [5, 5.41) is 7.79. The van der Waals surface area contributed by atoms with E-state index in [4.69, 9.17) is 0 Å². The molecule has 3 heteroatoms. The first-order chi connectivity index (χ1) is 33.7. The van der Waals surface area contributed by atoms with Gasteiger partial charge in [0, 0.05) is 47.0 Å². The SMILES string of the molecule is c1ccc(C2(c3ccccc3)c3ccccc3-c3c(-c4ccc(N(c5ccc(-c6ccc7c(c6)sc6ccccc67)cc5)c5cccc6c5sc5c7ccccc7ccc65)cc4)cccc32)cc1. The summed E-state index contributed by atoms with van der Waals surface area (Å²) in [6, 6.07) is 92.4. The van der Waals surface area contributed by atoms with E-state index in [-0.39, 0.29) is 0 Å². The van der Waals surface area contributed by atoms with E-state index in [1.54, 1.807) is 0 Å². The molecule has 13 aromatic rings. The fraction of sp³-hybridized carbons (Fsp3) is 0.0154. The Morgan fingerprint density at radius 1 is 0.324 bits per heavy atom. The van der Waals surface area contributed by atoms with E-state index in [1.807, 2.05) is 22.7 Å². The summed E-state index contributed by atoms with van der Waals surface area (Å²) in [4.78, 5) is 2.46. The van der Waals surface area contributed by atoms with Crippen molar-refractivity contribution in [2.24, 2.45) is 0 Å². The maximum atomic E-state index is 2.46. The van der Waals surface area contributed by atoms with Crippen molar-refractivity contribution in [2.75, 3.05) is 4.90 Å². The average molecular weight is 900 g/mol. The quantitative estimate of drug-likeness (QED) is 0.154. The van der Waals surface area contributed by atoms with Gasteiger partial charge < -0.3 is 4.90 Å². The summed E-state index contributed by atoms with van der Waals surface area (Å²) in [7, 11) is 0. The number of nitrogens with zero attached hydrogens (tertiary/aromatic N) is 1. The summed E-state index contributed by atoms with van der Waals surface area (Å²) in [5.41, 5.74) is 15.6. The first kappa shape index (κ1) is 39.1. The molecule has 1 nitrogen and oxygen atoms in total. The topological polar surface area (TPSA) is 3.24 Å². The second-order valence-electron chi connectivity index (χ2n) is 17.9. The lowest BCUT2D eigenvalue weighted by Crippen LogP contribution is -2.28. The third kappa shape index (κ3) is 5.86. The molecular formula is C65H41NS2. The number of benzene rings is 11. The van der Waals surface area contributed by atoms with Gasteiger partial charge in [-0.3, -0.25) is 0 Å². The summed E-state index contributed by atoms with van der Waals surface area (Å²) in [6.07, 6.45) is 0. The lowest BCUT2D eigenvalue weighted by atomic mass is 9.67. The Morgan fingerprint density at radius 3 is 1.66 bits per heavy atom. The van der Waals surface area contributed by atoms with Crippen LogP contribution in [0, 0.1) is 0 Å². The highest BCUT2D eigenvalue weighted by Gasteiger charge is 2.46. The fourth-order valence-corrected chi connectivity index (χ4v) is 13.8. The fourth-order valence-electron chi connectivity index (χ4n) is 11.3. The molecular weight excluding hydrogens is 859 g/mol.